The zero-order chi connectivity index (χ0) is 13.7. The molecule has 1 aromatic rings. The summed E-state index contributed by atoms with van der Waals surface area (Å²) in [6.07, 6.45) is 1.38. The Hall–Kier alpha value is -1.82. The highest BCUT2D eigenvalue weighted by atomic mass is 35.5. The summed E-state index contributed by atoms with van der Waals surface area (Å²) < 4.78 is 0. The molecule has 1 aromatic heterocycles. The number of rotatable bonds is 5. The van der Waals surface area contributed by atoms with Crippen LogP contribution in [0.3, 0.4) is 0 Å². The lowest BCUT2D eigenvalue weighted by Gasteiger charge is -2.12. The highest BCUT2D eigenvalue weighted by Crippen LogP contribution is 2.17. The predicted octanol–water partition coefficient (Wildman–Crippen LogP) is 0.770. The summed E-state index contributed by atoms with van der Waals surface area (Å²) in [6.45, 7) is 4.08. The van der Waals surface area contributed by atoms with Crippen molar-refractivity contribution in [1.29, 1.82) is 0 Å². The van der Waals surface area contributed by atoms with E-state index >= 15 is 0 Å². The molecule has 0 spiro atoms. The molecule has 1 rings (SSSR count). The van der Waals surface area contributed by atoms with E-state index in [0.717, 1.165) is 0 Å². The zero-order valence-corrected chi connectivity index (χ0v) is 10.9. The van der Waals surface area contributed by atoms with Crippen molar-refractivity contribution in [1.82, 2.24) is 10.3 Å². The van der Waals surface area contributed by atoms with Crippen LogP contribution in [0.5, 0.6) is 0 Å². The minimum Gasteiger partial charge on any atom is -0.370 e. The molecule has 1 heterocycles. The molecule has 0 aliphatic carbocycles. The van der Waals surface area contributed by atoms with Crippen molar-refractivity contribution in [2.24, 2.45) is 5.73 Å². The molecule has 2 amide bonds. The van der Waals surface area contributed by atoms with Crippen LogP contribution < -0.4 is 16.4 Å². The number of nitrogens with zero attached hydrogens (tertiary/aromatic N) is 1. The largest absolute Gasteiger partial charge is 0.370 e. The zero-order valence-electron chi connectivity index (χ0n) is 10.2. The van der Waals surface area contributed by atoms with Gasteiger partial charge in [-0.25, -0.2) is 4.98 Å². The molecule has 0 fully saturated rings. The number of anilines is 1. The summed E-state index contributed by atoms with van der Waals surface area (Å²) >= 11 is 5.89. The summed E-state index contributed by atoms with van der Waals surface area (Å²) in [5.41, 5.74) is 5.31. The number of primary amides is 1. The van der Waals surface area contributed by atoms with E-state index in [0.29, 0.717) is 12.4 Å². The first-order chi connectivity index (χ1) is 8.45. The van der Waals surface area contributed by atoms with Gasteiger partial charge in [-0.1, -0.05) is 11.6 Å². The molecule has 0 aliphatic heterocycles. The first-order valence-corrected chi connectivity index (χ1v) is 5.83. The normalized spacial score (nSPS) is 11.7. The van der Waals surface area contributed by atoms with Gasteiger partial charge in [0.15, 0.2) is 0 Å². The number of halogens is 1. The maximum Gasteiger partial charge on any atom is 0.253 e. The van der Waals surface area contributed by atoms with Crippen LogP contribution in [0.2, 0.25) is 5.02 Å². The third-order valence-electron chi connectivity index (χ3n) is 2.23. The lowest BCUT2D eigenvalue weighted by Crippen LogP contribution is -2.42. The number of carbonyl (C=O) groups is 2. The lowest BCUT2D eigenvalue weighted by atomic mass is 10.2. The van der Waals surface area contributed by atoms with Gasteiger partial charge >= 0.3 is 0 Å². The molecule has 4 N–H and O–H groups in total. The number of pyridine rings is 1. The highest BCUT2D eigenvalue weighted by Gasteiger charge is 2.16. The maximum atomic E-state index is 11.9. The summed E-state index contributed by atoms with van der Waals surface area (Å²) in [4.78, 5) is 26.8. The van der Waals surface area contributed by atoms with Crippen molar-refractivity contribution in [2.45, 2.75) is 19.9 Å². The van der Waals surface area contributed by atoms with Crippen molar-refractivity contribution < 1.29 is 9.59 Å². The molecule has 0 aliphatic rings. The van der Waals surface area contributed by atoms with Crippen LogP contribution in [0.25, 0.3) is 0 Å². The molecule has 0 saturated heterocycles. The van der Waals surface area contributed by atoms with Gasteiger partial charge in [0.1, 0.15) is 11.9 Å². The summed E-state index contributed by atoms with van der Waals surface area (Å²) in [7, 11) is 0. The van der Waals surface area contributed by atoms with E-state index in [1.54, 1.807) is 0 Å². The molecule has 6 nitrogen and oxygen atoms in total. The van der Waals surface area contributed by atoms with Crippen LogP contribution in [0.1, 0.15) is 24.2 Å². The van der Waals surface area contributed by atoms with Crippen molar-refractivity contribution >= 4 is 29.2 Å². The number of nitrogens with one attached hydrogen (secondary N) is 2. The third-order valence-corrected chi connectivity index (χ3v) is 2.53. The summed E-state index contributed by atoms with van der Waals surface area (Å²) in [5, 5.41) is 5.63. The van der Waals surface area contributed by atoms with Crippen LogP contribution in [0.4, 0.5) is 5.82 Å². The molecule has 0 radical (unpaired) electrons. The van der Waals surface area contributed by atoms with E-state index in [1.165, 1.54) is 19.2 Å². The Bertz CT molecular complexity index is 464. The second-order valence-corrected chi connectivity index (χ2v) is 4.08. The number of hydrogen-bond donors (Lipinski definition) is 3. The number of nitrogens with two attached hydrogens (primary N) is 1. The van der Waals surface area contributed by atoms with Gasteiger partial charge in [0.05, 0.1) is 10.6 Å². The van der Waals surface area contributed by atoms with Gasteiger partial charge in [0, 0.05) is 12.7 Å². The van der Waals surface area contributed by atoms with E-state index in [9.17, 15) is 9.59 Å². The van der Waals surface area contributed by atoms with Gasteiger partial charge in [-0.15, -0.1) is 0 Å². The fourth-order valence-corrected chi connectivity index (χ4v) is 1.43. The second-order valence-electron chi connectivity index (χ2n) is 3.68. The van der Waals surface area contributed by atoms with Crippen molar-refractivity contribution in [2.75, 3.05) is 11.9 Å². The standard InChI is InChI=1S/C11H15ClN4O2/c1-3-14-9-4-7(8(12)5-15-9)11(18)16-6(2)10(13)17/h4-6H,3H2,1-2H3,(H2,13,17)(H,14,15)(H,16,18). The van der Waals surface area contributed by atoms with Crippen LogP contribution >= 0.6 is 11.6 Å². The molecule has 1 unspecified atom stereocenters. The molecule has 0 bridgehead atoms. The van der Waals surface area contributed by atoms with Crippen LogP contribution in [-0.2, 0) is 4.79 Å². The highest BCUT2D eigenvalue weighted by molar-refractivity contribution is 6.33. The minimum atomic E-state index is -0.760. The first-order valence-electron chi connectivity index (χ1n) is 5.45. The predicted molar refractivity (Wildman–Crippen MR) is 69.5 cm³/mol. The Morgan fingerprint density at radius 1 is 1.56 bits per heavy atom. The Balaban J connectivity index is 2.90. The lowest BCUT2D eigenvalue weighted by molar-refractivity contribution is -0.119. The smallest absolute Gasteiger partial charge is 0.253 e. The van der Waals surface area contributed by atoms with Crippen LogP contribution in [0, 0.1) is 0 Å². The Kier molecular flexibility index (Phi) is 4.91. The fraction of sp³-hybridized carbons (Fsp3) is 0.364. The molecular weight excluding hydrogens is 256 g/mol. The van der Waals surface area contributed by atoms with Gasteiger partial charge in [0.25, 0.3) is 5.91 Å². The van der Waals surface area contributed by atoms with Gasteiger partial charge in [-0.3, -0.25) is 9.59 Å². The van der Waals surface area contributed by atoms with E-state index in [-0.39, 0.29) is 10.6 Å². The molecule has 1 atom stereocenters. The van der Waals surface area contributed by atoms with Gasteiger partial charge in [-0.05, 0) is 19.9 Å². The van der Waals surface area contributed by atoms with Crippen molar-refractivity contribution in [3.63, 3.8) is 0 Å². The van der Waals surface area contributed by atoms with E-state index in [2.05, 4.69) is 15.6 Å². The van der Waals surface area contributed by atoms with Gasteiger partial charge in [0.2, 0.25) is 5.91 Å². The van der Waals surface area contributed by atoms with Crippen molar-refractivity contribution in [3.8, 4) is 0 Å². The molecule has 0 saturated carbocycles. The molecular formula is C11H15ClN4O2. The Labute approximate surface area is 110 Å². The van der Waals surface area contributed by atoms with E-state index < -0.39 is 17.9 Å². The van der Waals surface area contributed by atoms with E-state index in [1.807, 2.05) is 6.92 Å². The first kappa shape index (κ1) is 14.2. The molecule has 7 heteroatoms. The average molecular weight is 271 g/mol. The fourth-order valence-electron chi connectivity index (χ4n) is 1.24. The summed E-state index contributed by atoms with van der Waals surface area (Å²) in [6, 6.07) is 0.763. The Morgan fingerprint density at radius 3 is 2.78 bits per heavy atom. The quantitative estimate of drug-likeness (QED) is 0.736. The SMILES string of the molecule is CCNc1cc(C(=O)NC(C)C(N)=O)c(Cl)cn1. The number of carbonyl (C=O) groups excluding carboxylic acids is 2. The maximum absolute atomic E-state index is 11.9. The second kappa shape index (κ2) is 6.20. The van der Waals surface area contributed by atoms with E-state index in [4.69, 9.17) is 17.3 Å². The van der Waals surface area contributed by atoms with Crippen LogP contribution in [-0.4, -0.2) is 29.4 Å². The third kappa shape index (κ3) is 3.59. The minimum absolute atomic E-state index is 0.214. The molecule has 98 valence electrons. The number of hydrogen-bond acceptors (Lipinski definition) is 4. The monoisotopic (exact) mass is 270 g/mol. The number of amides is 2. The van der Waals surface area contributed by atoms with Crippen LogP contribution in [0.15, 0.2) is 12.3 Å². The molecule has 0 aromatic carbocycles. The average Bonchev–Trinajstić information content (AvgIpc) is 2.31. The van der Waals surface area contributed by atoms with Gasteiger partial charge < -0.3 is 16.4 Å². The topological polar surface area (TPSA) is 97.1 Å². The number of aromatic nitrogens is 1. The molecule has 18 heavy (non-hydrogen) atoms. The van der Waals surface area contributed by atoms with Gasteiger partial charge in [-0.2, -0.15) is 0 Å². The summed E-state index contributed by atoms with van der Waals surface area (Å²) in [5.74, 6) is -0.535. The van der Waals surface area contributed by atoms with Crippen molar-refractivity contribution in [3.05, 3.63) is 22.8 Å². The Morgan fingerprint density at radius 2 is 2.22 bits per heavy atom.